The van der Waals surface area contributed by atoms with E-state index in [2.05, 4.69) is 27.3 Å². The van der Waals surface area contributed by atoms with Crippen molar-refractivity contribution in [2.75, 3.05) is 18.8 Å². The van der Waals surface area contributed by atoms with E-state index in [0.29, 0.717) is 19.5 Å². The number of sulfonamides is 1. The summed E-state index contributed by atoms with van der Waals surface area (Å²) in [5, 5.41) is 9.12. The Labute approximate surface area is 190 Å². The van der Waals surface area contributed by atoms with E-state index < -0.39 is 10.0 Å². The molecule has 6 nitrogen and oxygen atoms in total. The molecule has 166 valence electrons. The SMILES string of the molecule is CCCS(=O)(=O)NCCn1ncc2c1C(C1(c3ccc(Cl)cc3)CCC1)NCC2.Cl. The summed E-state index contributed by atoms with van der Waals surface area (Å²) in [6.07, 6.45) is 6.98. The van der Waals surface area contributed by atoms with Crippen molar-refractivity contribution in [2.45, 2.75) is 57.0 Å². The Morgan fingerprint density at radius 3 is 2.67 bits per heavy atom. The monoisotopic (exact) mass is 472 g/mol. The highest BCUT2D eigenvalue weighted by atomic mass is 35.5. The summed E-state index contributed by atoms with van der Waals surface area (Å²) < 4.78 is 28.6. The van der Waals surface area contributed by atoms with Crippen LogP contribution in [0, 0.1) is 0 Å². The topological polar surface area (TPSA) is 76.0 Å². The van der Waals surface area contributed by atoms with Crippen molar-refractivity contribution < 1.29 is 8.42 Å². The lowest BCUT2D eigenvalue weighted by atomic mass is 9.58. The van der Waals surface area contributed by atoms with Gasteiger partial charge in [0.2, 0.25) is 10.0 Å². The summed E-state index contributed by atoms with van der Waals surface area (Å²) in [7, 11) is -3.21. The number of nitrogens with one attached hydrogen (secondary N) is 2. The van der Waals surface area contributed by atoms with Crippen LogP contribution in [-0.2, 0) is 28.4 Å². The molecule has 1 saturated carbocycles. The van der Waals surface area contributed by atoms with Crippen molar-refractivity contribution in [1.82, 2.24) is 19.8 Å². The second-order valence-electron chi connectivity index (χ2n) is 8.15. The van der Waals surface area contributed by atoms with Crippen LogP contribution in [0.3, 0.4) is 0 Å². The van der Waals surface area contributed by atoms with E-state index in [1.807, 2.05) is 29.9 Å². The number of rotatable bonds is 8. The Morgan fingerprint density at radius 2 is 2.03 bits per heavy atom. The van der Waals surface area contributed by atoms with Crippen LogP contribution < -0.4 is 10.0 Å². The smallest absolute Gasteiger partial charge is 0.211 e. The van der Waals surface area contributed by atoms with Crippen LogP contribution in [0.1, 0.15) is 55.5 Å². The van der Waals surface area contributed by atoms with Crippen LogP contribution in [0.4, 0.5) is 0 Å². The predicted octanol–water partition coefficient (Wildman–Crippen LogP) is 3.60. The second-order valence-corrected chi connectivity index (χ2v) is 10.5. The maximum absolute atomic E-state index is 12.0. The minimum atomic E-state index is -3.21. The lowest BCUT2D eigenvalue weighted by Gasteiger charge is -2.50. The lowest BCUT2D eigenvalue weighted by molar-refractivity contribution is 0.157. The van der Waals surface area contributed by atoms with Gasteiger partial charge >= 0.3 is 0 Å². The fraction of sp³-hybridized carbons (Fsp3) is 0.571. The molecule has 1 aliphatic heterocycles. The van der Waals surface area contributed by atoms with Crippen molar-refractivity contribution in [1.29, 1.82) is 0 Å². The van der Waals surface area contributed by atoms with Gasteiger partial charge in [-0.1, -0.05) is 37.1 Å². The molecule has 0 radical (unpaired) electrons. The number of fused-ring (bicyclic) bond motifs is 1. The number of hydrogen-bond donors (Lipinski definition) is 2. The molecule has 2 aromatic rings. The van der Waals surface area contributed by atoms with E-state index in [1.54, 1.807) is 0 Å². The fourth-order valence-corrected chi connectivity index (χ4v) is 5.99. The molecule has 1 aliphatic carbocycles. The van der Waals surface area contributed by atoms with Gasteiger partial charge in [-0.25, -0.2) is 13.1 Å². The van der Waals surface area contributed by atoms with Crippen LogP contribution in [0.25, 0.3) is 0 Å². The maximum atomic E-state index is 12.0. The van der Waals surface area contributed by atoms with E-state index in [1.165, 1.54) is 23.2 Å². The van der Waals surface area contributed by atoms with Gasteiger partial charge < -0.3 is 5.32 Å². The van der Waals surface area contributed by atoms with Crippen LogP contribution in [-0.4, -0.2) is 37.0 Å². The molecule has 4 rings (SSSR count). The highest BCUT2D eigenvalue weighted by Crippen LogP contribution is 2.53. The van der Waals surface area contributed by atoms with Crippen molar-refractivity contribution in [2.24, 2.45) is 0 Å². The van der Waals surface area contributed by atoms with Gasteiger partial charge in [0.25, 0.3) is 0 Å². The highest BCUT2D eigenvalue weighted by Gasteiger charge is 2.48. The van der Waals surface area contributed by atoms with Crippen molar-refractivity contribution in [3.63, 3.8) is 0 Å². The Balaban J connectivity index is 0.00000256. The van der Waals surface area contributed by atoms with Gasteiger partial charge in [-0.15, -0.1) is 12.4 Å². The van der Waals surface area contributed by atoms with Crippen LogP contribution in [0.2, 0.25) is 5.02 Å². The first kappa shape index (κ1) is 23.5. The molecule has 2 aliphatic rings. The quantitative estimate of drug-likeness (QED) is 0.615. The molecule has 2 N–H and O–H groups in total. The van der Waals surface area contributed by atoms with E-state index in [0.717, 1.165) is 30.8 Å². The van der Waals surface area contributed by atoms with E-state index in [9.17, 15) is 8.42 Å². The Hall–Kier alpha value is -1.12. The van der Waals surface area contributed by atoms with Gasteiger partial charge in [-0.3, -0.25) is 4.68 Å². The first-order valence-electron chi connectivity index (χ1n) is 10.5. The number of aromatic nitrogens is 2. The normalized spacial score (nSPS) is 20.1. The summed E-state index contributed by atoms with van der Waals surface area (Å²) >= 11 is 6.13. The Kier molecular flexibility index (Phi) is 7.51. The zero-order valence-corrected chi connectivity index (χ0v) is 19.6. The average molecular weight is 473 g/mol. The fourth-order valence-electron chi connectivity index (χ4n) is 4.78. The Morgan fingerprint density at radius 1 is 1.30 bits per heavy atom. The first-order chi connectivity index (χ1) is 14.0. The van der Waals surface area contributed by atoms with Gasteiger partial charge in [0, 0.05) is 17.0 Å². The van der Waals surface area contributed by atoms with Crippen LogP contribution in [0.15, 0.2) is 30.5 Å². The van der Waals surface area contributed by atoms with Crippen molar-refractivity contribution in [3.05, 3.63) is 52.3 Å². The summed E-state index contributed by atoms with van der Waals surface area (Å²) in [4.78, 5) is 0. The molecule has 1 atom stereocenters. The van der Waals surface area contributed by atoms with Crippen LogP contribution >= 0.6 is 24.0 Å². The van der Waals surface area contributed by atoms with Crippen molar-refractivity contribution >= 4 is 34.0 Å². The van der Waals surface area contributed by atoms with Gasteiger partial charge in [0.15, 0.2) is 0 Å². The van der Waals surface area contributed by atoms with Gasteiger partial charge in [0.05, 0.1) is 30.2 Å². The molecular formula is C21H30Cl2N4O2S. The third kappa shape index (κ3) is 4.55. The standard InChI is InChI=1S/C21H29ClN4O2S.ClH/c1-2-14-29(27,28)25-12-13-26-19-16(15-24-26)8-11-23-20(19)21(9-3-10-21)17-4-6-18(22)7-5-17;/h4-7,15,20,23,25H,2-3,8-14H2,1H3;1H. The molecular weight excluding hydrogens is 443 g/mol. The number of halogens is 2. The first-order valence-corrected chi connectivity index (χ1v) is 12.5. The second kappa shape index (κ2) is 9.57. The summed E-state index contributed by atoms with van der Waals surface area (Å²) in [5.41, 5.74) is 3.83. The van der Waals surface area contributed by atoms with Gasteiger partial charge in [-0.2, -0.15) is 5.10 Å². The van der Waals surface area contributed by atoms with Crippen LogP contribution in [0.5, 0.6) is 0 Å². The maximum Gasteiger partial charge on any atom is 0.211 e. The summed E-state index contributed by atoms with van der Waals surface area (Å²) in [6.45, 7) is 3.69. The number of nitrogens with zero attached hydrogens (tertiary/aromatic N) is 2. The zero-order chi connectivity index (χ0) is 20.5. The van der Waals surface area contributed by atoms with Gasteiger partial charge in [0.1, 0.15) is 0 Å². The molecule has 2 heterocycles. The largest absolute Gasteiger partial charge is 0.308 e. The molecule has 1 fully saturated rings. The molecule has 1 unspecified atom stereocenters. The lowest BCUT2D eigenvalue weighted by Crippen LogP contribution is -2.50. The molecule has 1 aromatic heterocycles. The average Bonchev–Trinajstić information content (AvgIpc) is 3.06. The molecule has 0 saturated heterocycles. The molecule has 30 heavy (non-hydrogen) atoms. The summed E-state index contributed by atoms with van der Waals surface area (Å²) in [5.74, 6) is 0.161. The molecule has 1 aromatic carbocycles. The van der Waals surface area contributed by atoms with Gasteiger partial charge in [-0.05, 0) is 55.5 Å². The number of hydrogen-bond acceptors (Lipinski definition) is 4. The molecule has 0 amide bonds. The van der Waals surface area contributed by atoms with E-state index in [-0.39, 0.29) is 29.6 Å². The third-order valence-electron chi connectivity index (χ3n) is 6.31. The van der Waals surface area contributed by atoms with E-state index >= 15 is 0 Å². The summed E-state index contributed by atoms with van der Waals surface area (Å²) in [6, 6.07) is 8.42. The molecule has 0 bridgehead atoms. The van der Waals surface area contributed by atoms with E-state index in [4.69, 9.17) is 11.6 Å². The molecule has 0 spiro atoms. The highest BCUT2D eigenvalue weighted by molar-refractivity contribution is 7.89. The van der Waals surface area contributed by atoms with Crippen molar-refractivity contribution in [3.8, 4) is 0 Å². The predicted molar refractivity (Wildman–Crippen MR) is 123 cm³/mol. The number of benzene rings is 1. The minimum absolute atomic E-state index is 0. The Bertz CT molecular complexity index is 956. The third-order valence-corrected chi connectivity index (χ3v) is 8.15. The minimum Gasteiger partial charge on any atom is -0.308 e. The molecule has 9 heteroatoms. The zero-order valence-electron chi connectivity index (χ0n) is 17.2.